The van der Waals surface area contributed by atoms with Gasteiger partial charge in [0.2, 0.25) is 0 Å². The Kier molecular flexibility index (Phi) is 4.69. The van der Waals surface area contributed by atoms with Crippen molar-refractivity contribution in [2.75, 3.05) is 20.6 Å². The molecule has 0 aromatic carbocycles. The van der Waals surface area contributed by atoms with Gasteiger partial charge in [-0.15, -0.1) is 0 Å². The van der Waals surface area contributed by atoms with Crippen molar-refractivity contribution < 1.29 is 0 Å². The molecule has 16 heavy (non-hydrogen) atoms. The number of rotatable bonds is 5. The zero-order valence-corrected chi connectivity index (χ0v) is 10.9. The van der Waals surface area contributed by atoms with E-state index in [1.54, 1.807) is 0 Å². The molecular formula is C14H22N2. The number of hydrogen-bond acceptors (Lipinski definition) is 2. The van der Waals surface area contributed by atoms with Crippen LogP contribution in [-0.2, 0) is 6.42 Å². The largest absolute Gasteiger partial charge is 0.309 e. The molecule has 0 spiro atoms. The highest BCUT2D eigenvalue weighted by atomic mass is 15.0. The predicted octanol–water partition coefficient (Wildman–Crippen LogP) is 2.92. The van der Waals surface area contributed by atoms with Gasteiger partial charge in [-0.2, -0.15) is 0 Å². The first-order valence-corrected chi connectivity index (χ1v) is 5.83. The smallest absolute Gasteiger partial charge is 0.0410 e. The Balaban J connectivity index is 2.78. The molecule has 1 rings (SSSR count). The van der Waals surface area contributed by atoms with Gasteiger partial charge in [-0.1, -0.05) is 13.5 Å². The Labute approximate surface area is 99.0 Å². The van der Waals surface area contributed by atoms with Crippen LogP contribution >= 0.6 is 0 Å². The van der Waals surface area contributed by atoms with Gasteiger partial charge in [-0.25, -0.2) is 0 Å². The molecule has 1 heterocycles. The SMILES string of the molecule is C=C(CCN(C)C)c1cc(C)nc(CC)c1. The summed E-state index contributed by atoms with van der Waals surface area (Å²) in [5.74, 6) is 0. The summed E-state index contributed by atoms with van der Waals surface area (Å²) in [5, 5.41) is 0. The summed E-state index contributed by atoms with van der Waals surface area (Å²) in [6.07, 6.45) is 2.00. The highest BCUT2D eigenvalue weighted by molar-refractivity contribution is 5.63. The molecule has 0 radical (unpaired) electrons. The van der Waals surface area contributed by atoms with Crippen LogP contribution in [0.2, 0.25) is 0 Å². The van der Waals surface area contributed by atoms with Crippen molar-refractivity contribution in [3.05, 3.63) is 35.7 Å². The van der Waals surface area contributed by atoms with E-state index < -0.39 is 0 Å². The van der Waals surface area contributed by atoms with Gasteiger partial charge in [0.25, 0.3) is 0 Å². The zero-order chi connectivity index (χ0) is 12.1. The molecule has 0 saturated carbocycles. The number of aromatic nitrogens is 1. The number of hydrogen-bond donors (Lipinski definition) is 0. The average Bonchev–Trinajstić information content (AvgIpc) is 2.24. The third-order valence-electron chi connectivity index (χ3n) is 2.64. The fourth-order valence-electron chi connectivity index (χ4n) is 1.63. The summed E-state index contributed by atoms with van der Waals surface area (Å²) < 4.78 is 0. The Bertz CT molecular complexity index is 367. The lowest BCUT2D eigenvalue weighted by Crippen LogP contribution is -2.13. The van der Waals surface area contributed by atoms with E-state index in [1.807, 2.05) is 6.92 Å². The third kappa shape index (κ3) is 3.78. The number of pyridine rings is 1. The number of aryl methyl sites for hydroxylation is 2. The molecule has 0 aliphatic heterocycles. The van der Waals surface area contributed by atoms with E-state index >= 15 is 0 Å². The highest BCUT2D eigenvalue weighted by Gasteiger charge is 2.03. The van der Waals surface area contributed by atoms with Gasteiger partial charge in [0, 0.05) is 17.9 Å². The lowest BCUT2D eigenvalue weighted by molar-refractivity contribution is 0.419. The summed E-state index contributed by atoms with van der Waals surface area (Å²) >= 11 is 0. The van der Waals surface area contributed by atoms with E-state index in [0.29, 0.717) is 0 Å². The van der Waals surface area contributed by atoms with E-state index in [1.165, 1.54) is 11.1 Å². The lowest BCUT2D eigenvalue weighted by atomic mass is 10.0. The Hall–Kier alpha value is -1.15. The summed E-state index contributed by atoms with van der Waals surface area (Å²) in [6.45, 7) is 9.38. The second-order valence-corrected chi connectivity index (χ2v) is 4.50. The normalized spacial score (nSPS) is 10.8. The quantitative estimate of drug-likeness (QED) is 0.755. The molecule has 1 aromatic rings. The minimum atomic E-state index is 0.982. The summed E-state index contributed by atoms with van der Waals surface area (Å²) in [6, 6.07) is 4.28. The maximum atomic E-state index is 4.48. The highest BCUT2D eigenvalue weighted by Crippen LogP contribution is 2.18. The molecule has 0 bridgehead atoms. The standard InChI is InChI=1S/C14H22N2/c1-6-14-10-13(9-12(3)15-14)11(2)7-8-16(4)5/h9-10H,2,6-8H2,1,3-5H3. The molecule has 0 amide bonds. The Morgan fingerprint density at radius 1 is 1.38 bits per heavy atom. The lowest BCUT2D eigenvalue weighted by Gasteiger charge is -2.12. The van der Waals surface area contributed by atoms with Gasteiger partial charge in [0.05, 0.1) is 0 Å². The van der Waals surface area contributed by atoms with Crippen LogP contribution < -0.4 is 0 Å². The fraction of sp³-hybridized carbons (Fsp3) is 0.500. The maximum Gasteiger partial charge on any atom is 0.0410 e. The second-order valence-electron chi connectivity index (χ2n) is 4.50. The van der Waals surface area contributed by atoms with Gasteiger partial charge < -0.3 is 4.90 Å². The second kappa shape index (κ2) is 5.80. The van der Waals surface area contributed by atoms with Gasteiger partial charge in [0.15, 0.2) is 0 Å². The van der Waals surface area contributed by atoms with Gasteiger partial charge in [0.1, 0.15) is 0 Å². The number of nitrogens with zero attached hydrogens (tertiary/aromatic N) is 2. The van der Waals surface area contributed by atoms with Crippen molar-refractivity contribution in [3.8, 4) is 0 Å². The van der Waals surface area contributed by atoms with Crippen LogP contribution in [-0.4, -0.2) is 30.5 Å². The van der Waals surface area contributed by atoms with Crippen LogP contribution in [0.1, 0.15) is 30.3 Å². The monoisotopic (exact) mass is 218 g/mol. The van der Waals surface area contributed by atoms with Crippen molar-refractivity contribution in [1.82, 2.24) is 9.88 Å². The van der Waals surface area contributed by atoms with Crippen LogP contribution in [0.3, 0.4) is 0 Å². The van der Waals surface area contributed by atoms with Crippen molar-refractivity contribution in [1.29, 1.82) is 0 Å². The molecule has 2 nitrogen and oxygen atoms in total. The Morgan fingerprint density at radius 3 is 2.62 bits per heavy atom. The van der Waals surface area contributed by atoms with Crippen molar-refractivity contribution in [2.45, 2.75) is 26.7 Å². The van der Waals surface area contributed by atoms with Crippen molar-refractivity contribution >= 4 is 5.57 Å². The molecule has 0 aliphatic rings. The first-order valence-electron chi connectivity index (χ1n) is 5.83. The van der Waals surface area contributed by atoms with Crippen LogP contribution in [0.5, 0.6) is 0 Å². The maximum absolute atomic E-state index is 4.48. The summed E-state index contributed by atoms with van der Waals surface area (Å²) in [7, 11) is 4.17. The van der Waals surface area contributed by atoms with Crippen molar-refractivity contribution in [2.24, 2.45) is 0 Å². The predicted molar refractivity (Wildman–Crippen MR) is 70.6 cm³/mol. The molecule has 0 fully saturated rings. The van der Waals surface area contributed by atoms with Gasteiger partial charge in [-0.3, -0.25) is 4.98 Å². The van der Waals surface area contributed by atoms with E-state index in [9.17, 15) is 0 Å². The van der Waals surface area contributed by atoms with E-state index in [4.69, 9.17) is 0 Å². The topological polar surface area (TPSA) is 16.1 Å². The fourth-order valence-corrected chi connectivity index (χ4v) is 1.63. The molecule has 88 valence electrons. The van der Waals surface area contributed by atoms with E-state index in [2.05, 4.69) is 49.6 Å². The Morgan fingerprint density at radius 2 is 2.06 bits per heavy atom. The molecule has 1 aromatic heterocycles. The molecule has 0 unspecified atom stereocenters. The summed E-state index contributed by atoms with van der Waals surface area (Å²) in [5.41, 5.74) is 4.68. The molecule has 0 saturated heterocycles. The van der Waals surface area contributed by atoms with Gasteiger partial charge in [-0.05, 0) is 57.1 Å². The van der Waals surface area contributed by atoms with Crippen LogP contribution in [0, 0.1) is 6.92 Å². The zero-order valence-electron chi connectivity index (χ0n) is 10.9. The third-order valence-corrected chi connectivity index (χ3v) is 2.64. The molecular weight excluding hydrogens is 196 g/mol. The first-order chi connectivity index (χ1) is 7.52. The molecule has 0 N–H and O–H groups in total. The van der Waals surface area contributed by atoms with Crippen LogP contribution in [0.25, 0.3) is 5.57 Å². The molecule has 0 aliphatic carbocycles. The first kappa shape index (κ1) is 12.9. The minimum absolute atomic E-state index is 0.982. The van der Waals surface area contributed by atoms with Gasteiger partial charge >= 0.3 is 0 Å². The minimum Gasteiger partial charge on any atom is -0.309 e. The summed E-state index contributed by atoms with van der Waals surface area (Å²) in [4.78, 5) is 6.66. The van der Waals surface area contributed by atoms with Crippen molar-refractivity contribution in [3.63, 3.8) is 0 Å². The molecule has 2 heteroatoms. The average molecular weight is 218 g/mol. The van der Waals surface area contributed by atoms with E-state index in [0.717, 1.165) is 30.8 Å². The molecule has 0 atom stereocenters. The van der Waals surface area contributed by atoms with Crippen LogP contribution in [0.15, 0.2) is 18.7 Å². The van der Waals surface area contributed by atoms with Crippen LogP contribution in [0.4, 0.5) is 0 Å². The van der Waals surface area contributed by atoms with E-state index in [-0.39, 0.29) is 0 Å².